The van der Waals surface area contributed by atoms with Crippen LogP contribution >= 0.6 is 22.6 Å². The van der Waals surface area contributed by atoms with E-state index in [0.29, 0.717) is 6.54 Å². The van der Waals surface area contributed by atoms with Crippen molar-refractivity contribution >= 4 is 34.2 Å². The van der Waals surface area contributed by atoms with Gasteiger partial charge in [0, 0.05) is 15.8 Å². The smallest absolute Gasteiger partial charge is 0.307 e. The first-order valence-corrected chi connectivity index (χ1v) is 7.11. The van der Waals surface area contributed by atoms with Gasteiger partial charge in [0.25, 0.3) is 0 Å². The van der Waals surface area contributed by atoms with Gasteiger partial charge in [0.1, 0.15) is 5.82 Å². The van der Waals surface area contributed by atoms with E-state index in [4.69, 9.17) is 5.11 Å². The quantitative estimate of drug-likeness (QED) is 0.773. The van der Waals surface area contributed by atoms with Crippen LogP contribution in [0.3, 0.4) is 0 Å². The first-order chi connectivity index (χ1) is 9.54. The molecule has 5 heteroatoms. The molecule has 0 saturated heterocycles. The van der Waals surface area contributed by atoms with Crippen molar-refractivity contribution in [1.29, 1.82) is 0 Å². The van der Waals surface area contributed by atoms with Gasteiger partial charge in [0.05, 0.1) is 6.42 Å². The predicted octanol–water partition coefficient (Wildman–Crippen LogP) is 3.67. The SMILES string of the molecule is O=C(O)Cc1ccc(CNc2ccc(F)cc2I)cc1. The van der Waals surface area contributed by atoms with Gasteiger partial charge in [-0.3, -0.25) is 4.79 Å². The van der Waals surface area contributed by atoms with Crippen molar-refractivity contribution in [2.75, 3.05) is 5.32 Å². The van der Waals surface area contributed by atoms with Crippen LogP contribution in [0.15, 0.2) is 42.5 Å². The molecule has 20 heavy (non-hydrogen) atoms. The van der Waals surface area contributed by atoms with Crippen LogP contribution in [0.2, 0.25) is 0 Å². The summed E-state index contributed by atoms with van der Waals surface area (Å²) in [7, 11) is 0. The van der Waals surface area contributed by atoms with E-state index in [9.17, 15) is 9.18 Å². The molecule has 2 rings (SSSR count). The molecule has 2 aromatic rings. The average molecular weight is 385 g/mol. The van der Waals surface area contributed by atoms with E-state index in [1.54, 1.807) is 18.2 Å². The van der Waals surface area contributed by atoms with Crippen molar-refractivity contribution in [2.24, 2.45) is 0 Å². The molecule has 0 spiro atoms. The molecule has 2 N–H and O–H groups in total. The van der Waals surface area contributed by atoms with Gasteiger partial charge in [-0.2, -0.15) is 0 Å². The minimum absolute atomic E-state index is 0.0313. The highest BCUT2D eigenvalue weighted by Gasteiger charge is 2.03. The molecular formula is C15H13FINO2. The zero-order valence-electron chi connectivity index (χ0n) is 10.6. The topological polar surface area (TPSA) is 49.3 Å². The highest BCUT2D eigenvalue weighted by Crippen LogP contribution is 2.19. The number of rotatable bonds is 5. The number of carboxylic acids is 1. The first kappa shape index (κ1) is 14.8. The van der Waals surface area contributed by atoms with Crippen LogP contribution in [-0.4, -0.2) is 11.1 Å². The third-order valence-corrected chi connectivity index (χ3v) is 3.68. The van der Waals surface area contributed by atoms with Crippen molar-refractivity contribution in [3.8, 4) is 0 Å². The van der Waals surface area contributed by atoms with Crippen LogP contribution in [0.5, 0.6) is 0 Å². The average Bonchev–Trinajstić information content (AvgIpc) is 2.39. The molecule has 0 aromatic heterocycles. The van der Waals surface area contributed by atoms with Crippen LogP contribution in [0.25, 0.3) is 0 Å². The summed E-state index contributed by atoms with van der Waals surface area (Å²) in [6.45, 7) is 0.606. The predicted molar refractivity (Wildman–Crippen MR) is 84.2 cm³/mol. The maximum Gasteiger partial charge on any atom is 0.307 e. The summed E-state index contributed by atoms with van der Waals surface area (Å²) < 4.78 is 13.8. The summed E-state index contributed by atoms with van der Waals surface area (Å²) in [5.74, 6) is -1.09. The van der Waals surface area contributed by atoms with Gasteiger partial charge < -0.3 is 10.4 Å². The molecule has 0 aliphatic rings. The highest BCUT2D eigenvalue weighted by atomic mass is 127. The number of carboxylic acid groups (broad SMARTS) is 1. The van der Waals surface area contributed by atoms with Gasteiger partial charge in [-0.25, -0.2) is 4.39 Å². The molecule has 0 aliphatic heterocycles. The molecule has 0 radical (unpaired) electrons. The number of hydrogen-bond acceptors (Lipinski definition) is 2. The van der Waals surface area contributed by atoms with Gasteiger partial charge in [-0.05, 0) is 51.9 Å². The lowest BCUT2D eigenvalue weighted by Crippen LogP contribution is -2.03. The van der Waals surface area contributed by atoms with Crippen LogP contribution in [-0.2, 0) is 17.8 Å². The number of halogens is 2. The Morgan fingerprint density at radius 2 is 1.80 bits per heavy atom. The van der Waals surface area contributed by atoms with Gasteiger partial charge in [0.15, 0.2) is 0 Å². The normalized spacial score (nSPS) is 10.3. The van der Waals surface area contributed by atoms with Gasteiger partial charge in [-0.15, -0.1) is 0 Å². The summed E-state index contributed by atoms with van der Waals surface area (Å²) in [6, 6.07) is 12.0. The molecule has 0 saturated carbocycles. The zero-order valence-corrected chi connectivity index (χ0v) is 12.7. The summed E-state index contributed by atoms with van der Waals surface area (Å²) in [4.78, 5) is 10.6. The lowest BCUT2D eigenvalue weighted by Gasteiger charge is -2.09. The summed E-state index contributed by atoms with van der Waals surface area (Å²) in [5.41, 5.74) is 2.69. The van der Waals surface area contributed by atoms with E-state index in [0.717, 1.165) is 20.4 Å². The van der Waals surface area contributed by atoms with Crippen molar-refractivity contribution in [3.05, 3.63) is 63.0 Å². The maximum atomic E-state index is 13.0. The first-order valence-electron chi connectivity index (χ1n) is 6.03. The second kappa shape index (κ2) is 6.69. The minimum Gasteiger partial charge on any atom is -0.481 e. The van der Waals surface area contributed by atoms with E-state index in [1.807, 2.05) is 12.1 Å². The lowest BCUT2D eigenvalue weighted by molar-refractivity contribution is -0.136. The fourth-order valence-electron chi connectivity index (χ4n) is 1.78. The molecule has 0 fully saturated rings. The van der Waals surface area contributed by atoms with E-state index in [1.165, 1.54) is 12.1 Å². The summed E-state index contributed by atoms with van der Waals surface area (Å²) >= 11 is 2.08. The molecule has 0 bridgehead atoms. The van der Waals surface area contributed by atoms with Crippen molar-refractivity contribution < 1.29 is 14.3 Å². The molecule has 0 amide bonds. The fourth-order valence-corrected chi connectivity index (χ4v) is 2.45. The number of aliphatic carboxylic acids is 1. The van der Waals surface area contributed by atoms with E-state index < -0.39 is 5.97 Å². The van der Waals surface area contributed by atoms with Crippen molar-refractivity contribution in [1.82, 2.24) is 0 Å². The monoisotopic (exact) mass is 385 g/mol. The number of benzene rings is 2. The number of anilines is 1. The Labute approximate surface area is 130 Å². The largest absolute Gasteiger partial charge is 0.481 e. The Balaban J connectivity index is 1.98. The Hall–Kier alpha value is -1.63. The third kappa shape index (κ3) is 4.19. The summed E-state index contributed by atoms with van der Waals surface area (Å²) in [6.07, 6.45) is 0.0313. The minimum atomic E-state index is -0.836. The standard InChI is InChI=1S/C15H13FINO2/c16-12-5-6-14(13(17)8-12)18-9-11-3-1-10(2-4-11)7-15(19)20/h1-6,8,18H,7,9H2,(H,19,20). The van der Waals surface area contributed by atoms with Crippen LogP contribution in [0, 0.1) is 9.39 Å². The second-order valence-corrected chi connectivity index (χ2v) is 5.53. The van der Waals surface area contributed by atoms with Gasteiger partial charge in [0.2, 0.25) is 0 Å². The van der Waals surface area contributed by atoms with Crippen LogP contribution in [0.1, 0.15) is 11.1 Å². The van der Waals surface area contributed by atoms with E-state index in [-0.39, 0.29) is 12.2 Å². The molecular weight excluding hydrogens is 372 g/mol. The molecule has 2 aromatic carbocycles. The second-order valence-electron chi connectivity index (χ2n) is 4.36. The summed E-state index contributed by atoms with van der Waals surface area (Å²) in [5, 5.41) is 11.9. The van der Waals surface area contributed by atoms with Crippen LogP contribution < -0.4 is 5.32 Å². The molecule has 0 atom stereocenters. The van der Waals surface area contributed by atoms with E-state index in [2.05, 4.69) is 27.9 Å². The molecule has 0 heterocycles. The Kier molecular flexibility index (Phi) is 4.94. The third-order valence-electron chi connectivity index (χ3n) is 2.79. The Bertz CT molecular complexity index is 614. The van der Waals surface area contributed by atoms with Crippen molar-refractivity contribution in [2.45, 2.75) is 13.0 Å². The number of hydrogen-bond donors (Lipinski definition) is 2. The fraction of sp³-hybridized carbons (Fsp3) is 0.133. The Morgan fingerprint density at radius 1 is 1.15 bits per heavy atom. The lowest BCUT2D eigenvalue weighted by atomic mass is 10.1. The van der Waals surface area contributed by atoms with E-state index >= 15 is 0 Å². The highest BCUT2D eigenvalue weighted by molar-refractivity contribution is 14.1. The van der Waals surface area contributed by atoms with Gasteiger partial charge in [-0.1, -0.05) is 24.3 Å². The van der Waals surface area contributed by atoms with Crippen LogP contribution in [0.4, 0.5) is 10.1 Å². The number of nitrogens with one attached hydrogen (secondary N) is 1. The Morgan fingerprint density at radius 3 is 2.40 bits per heavy atom. The number of carbonyl (C=O) groups is 1. The molecule has 0 aliphatic carbocycles. The maximum absolute atomic E-state index is 13.0. The van der Waals surface area contributed by atoms with Crippen molar-refractivity contribution in [3.63, 3.8) is 0 Å². The molecule has 104 valence electrons. The molecule has 3 nitrogen and oxygen atoms in total. The molecule has 0 unspecified atom stereocenters. The van der Waals surface area contributed by atoms with Gasteiger partial charge >= 0.3 is 5.97 Å². The zero-order chi connectivity index (χ0) is 14.5.